The summed E-state index contributed by atoms with van der Waals surface area (Å²) in [4.78, 5) is 21.7. The third-order valence-corrected chi connectivity index (χ3v) is 2.47. The van der Waals surface area contributed by atoms with Crippen molar-refractivity contribution in [1.29, 1.82) is 0 Å². The largest absolute Gasteiger partial charge is 0.497 e. The van der Waals surface area contributed by atoms with Crippen molar-refractivity contribution in [2.45, 2.75) is 25.8 Å². The number of rotatable bonds is 6. The molecular weight excluding hydrogens is 234 g/mol. The Balaban J connectivity index is 2.68. The fraction of sp³-hybridized carbons (Fsp3) is 0.385. The second-order valence-corrected chi connectivity index (χ2v) is 4.05. The van der Waals surface area contributed by atoms with Crippen LogP contribution in [0, 0.1) is 0 Å². The molecule has 2 N–H and O–H groups in total. The van der Waals surface area contributed by atoms with Crippen molar-refractivity contribution in [2.75, 3.05) is 7.11 Å². The smallest absolute Gasteiger partial charge is 0.305 e. The maximum Gasteiger partial charge on any atom is 0.305 e. The third-order valence-electron chi connectivity index (χ3n) is 2.47. The monoisotopic (exact) mass is 251 g/mol. The van der Waals surface area contributed by atoms with Crippen LogP contribution in [0.1, 0.15) is 18.9 Å². The molecule has 0 spiro atoms. The van der Waals surface area contributed by atoms with Gasteiger partial charge in [0.1, 0.15) is 5.75 Å². The number of ether oxygens (including phenoxy) is 1. The zero-order valence-corrected chi connectivity index (χ0v) is 10.5. The predicted octanol–water partition coefficient (Wildman–Crippen LogP) is 1.22. The van der Waals surface area contributed by atoms with Crippen LogP contribution in [-0.4, -0.2) is 30.1 Å². The quantitative estimate of drug-likeness (QED) is 0.797. The molecule has 0 fully saturated rings. The molecule has 0 saturated carbocycles. The van der Waals surface area contributed by atoms with Gasteiger partial charge >= 0.3 is 5.97 Å². The molecule has 0 unspecified atom stereocenters. The second-order valence-electron chi connectivity index (χ2n) is 4.05. The van der Waals surface area contributed by atoms with E-state index < -0.39 is 12.0 Å². The number of methoxy groups -OCH3 is 1. The summed E-state index contributed by atoms with van der Waals surface area (Å²) in [6.07, 6.45) is 0.390. The lowest BCUT2D eigenvalue weighted by atomic mass is 10.0. The molecule has 0 aliphatic rings. The molecule has 0 aliphatic carbocycles. The van der Waals surface area contributed by atoms with Crippen LogP contribution in [0.15, 0.2) is 24.3 Å². The molecule has 0 heterocycles. The van der Waals surface area contributed by atoms with Gasteiger partial charge in [-0.2, -0.15) is 0 Å². The molecule has 5 heteroatoms. The Bertz CT molecular complexity index is 398. The summed E-state index contributed by atoms with van der Waals surface area (Å²) in [6, 6.07) is 6.93. The fourth-order valence-corrected chi connectivity index (χ4v) is 1.72. The first-order chi connectivity index (χ1) is 8.51. The Labute approximate surface area is 106 Å². The number of carboxylic acid groups (broad SMARTS) is 1. The Morgan fingerprint density at radius 1 is 1.33 bits per heavy atom. The van der Waals surface area contributed by atoms with E-state index in [-0.39, 0.29) is 12.3 Å². The summed E-state index contributed by atoms with van der Waals surface area (Å²) in [6.45, 7) is 1.38. The maximum absolute atomic E-state index is 11.0. The zero-order valence-electron chi connectivity index (χ0n) is 10.5. The Kier molecular flexibility index (Phi) is 5.17. The summed E-state index contributed by atoms with van der Waals surface area (Å²) >= 11 is 0. The first-order valence-corrected chi connectivity index (χ1v) is 5.63. The van der Waals surface area contributed by atoms with E-state index in [0.717, 1.165) is 11.3 Å². The van der Waals surface area contributed by atoms with Crippen molar-refractivity contribution >= 4 is 11.9 Å². The van der Waals surface area contributed by atoms with Crippen molar-refractivity contribution in [2.24, 2.45) is 0 Å². The number of hydrogen-bond acceptors (Lipinski definition) is 3. The molecule has 0 aliphatic heterocycles. The Hall–Kier alpha value is -2.04. The highest BCUT2D eigenvalue weighted by Gasteiger charge is 2.14. The van der Waals surface area contributed by atoms with Crippen LogP contribution in [0.3, 0.4) is 0 Å². The lowest BCUT2D eigenvalue weighted by Crippen LogP contribution is -2.36. The SMILES string of the molecule is COc1ccc(C[C@H](CC(=O)O)NC(C)=O)cc1. The third kappa shape index (κ3) is 4.86. The molecule has 5 nitrogen and oxygen atoms in total. The normalized spacial score (nSPS) is 11.7. The van der Waals surface area contributed by atoms with Crippen LogP contribution in [-0.2, 0) is 16.0 Å². The maximum atomic E-state index is 11.0. The summed E-state index contributed by atoms with van der Waals surface area (Å²) in [7, 11) is 1.58. The summed E-state index contributed by atoms with van der Waals surface area (Å²) in [5.41, 5.74) is 0.954. The van der Waals surface area contributed by atoms with Crippen molar-refractivity contribution in [3.63, 3.8) is 0 Å². The summed E-state index contributed by atoms with van der Waals surface area (Å²) in [5.74, 6) is -0.412. The van der Waals surface area contributed by atoms with Crippen molar-refractivity contribution in [3.05, 3.63) is 29.8 Å². The predicted molar refractivity (Wildman–Crippen MR) is 66.6 cm³/mol. The average Bonchev–Trinajstić information content (AvgIpc) is 2.28. The van der Waals surface area contributed by atoms with Gasteiger partial charge in [0, 0.05) is 13.0 Å². The molecule has 1 amide bonds. The van der Waals surface area contributed by atoms with E-state index >= 15 is 0 Å². The highest BCUT2D eigenvalue weighted by atomic mass is 16.5. The standard InChI is InChI=1S/C13H17NO4/c1-9(15)14-11(8-13(16)17)7-10-3-5-12(18-2)6-4-10/h3-6,11H,7-8H2,1-2H3,(H,14,15)(H,16,17)/t11-/m1/s1. The van der Waals surface area contributed by atoms with Gasteiger partial charge in [0.15, 0.2) is 0 Å². The van der Waals surface area contributed by atoms with Crippen LogP contribution < -0.4 is 10.1 Å². The summed E-state index contributed by atoms with van der Waals surface area (Å²) < 4.78 is 5.04. The number of amides is 1. The molecule has 0 aromatic heterocycles. The molecule has 1 aromatic rings. The number of nitrogens with one attached hydrogen (secondary N) is 1. The van der Waals surface area contributed by atoms with Gasteiger partial charge in [-0.25, -0.2) is 0 Å². The van der Waals surface area contributed by atoms with Crippen molar-refractivity contribution in [1.82, 2.24) is 5.32 Å². The van der Waals surface area contributed by atoms with E-state index in [1.54, 1.807) is 19.2 Å². The first kappa shape index (κ1) is 14.0. The number of carbonyl (C=O) groups is 2. The van der Waals surface area contributed by atoms with Crippen LogP contribution in [0.25, 0.3) is 0 Å². The van der Waals surface area contributed by atoms with E-state index in [0.29, 0.717) is 6.42 Å². The number of carbonyl (C=O) groups excluding carboxylic acids is 1. The van der Waals surface area contributed by atoms with E-state index in [1.165, 1.54) is 6.92 Å². The number of aliphatic carboxylic acids is 1. The van der Waals surface area contributed by atoms with Gasteiger partial charge in [-0.3, -0.25) is 9.59 Å². The van der Waals surface area contributed by atoms with Crippen LogP contribution >= 0.6 is 0 Å². The van der Waals surface area contributed by atoms with Crippen LogP contribution in [0.2, 0.25) is 0 Å². The lowest BCUT2D eigenvalue weighted by Gasteiger charge is -2.16. The highest BCUT2D eigenvalue weighted by molar-refractivity contribution is 5.75. The van der Waals surface area contributed by atoms with Gasteiger partial charge < -0.3 is 15.2 Å². The minimum Gasteiger partial charge on any atom is -0.497 e. The first-order valence-electron chi connectivity index (χ1n) is 5.63. The van der Waals surface area contributed by atoms with Crippen molar-refractivity contribution < 1.29 is 19.4 Å². The van der Waals surface area contributed by atoms with E-state index in [1.807, 2.05) is 12.1 Å². The molecule has 0 radical (unpaired) electrons. The minimum absolute atomic E-state index is 0.0917. The number of hydrogen-bond donors (Lipinski definition) is 2. The molecule has 0 bridgehead atoms. The molecule has 1 atom stereocenters. The summed E-state index contributed by atoms with van der Waals surface area (Å²) in [5, 5.41) is 11.4. The Morgan fingerprint density at radius 3 is 2.39 bits per heavy atom. The van der Waals surface area contributed by atoms with Gasteiger partial charge in [0.2, 0.25) is 5.91 Å². The molecule has 18 heavy (non-hydrogen) atoms. The van der Waals surface area contributed by atoms with Crippen molar-refractivity contribution in [3.8, 4) is 5.75 Å². The lowest BCUT2D eigenvalue weighted by molar-refractivity contribution is -0.137. The van der Waals surface area contributed by atoms with Gasteiger partial charge in [-0.1, -0.05) is 12.1 Å². The highest BCUT2D eigenvalue weighted by Crippen LogP contribution is 2.13. The Morgan fingerprint density at radius 2 is 1.94 bits per heavy atom. The van der Waals surface area contributed by atoms with Gasteiger partial charge in [-0.05, 0) is 24.1 Å². The second kappa shape index (κ2) is 6.64. The van der Waals surface area contributed by atoms with Gasteiger partial charge in [0.25, 0.3) is 0 Å². The van der Waals surface area contributed by atoms with E-state index in [2.05, 4.69) is 5.32 Å². The topological polar surface area (TPSA) is 75.6 Å². The van der Waals surface area contributed by atoms with Crippen LogP contribution in [0.4, 0.5) is 0 Å². The fourth-order valence-electron chi connectivity index (χ4n) is 1.72. The molecule has 0 saturated heterocycles. The average molecular weight is 251 g/mol. The number of benzene rings is 1. The molecule has 1 aromatic carbocycles. The number of carboxylic acids is 1. The molecular formula is C13H17NO4. The van der Waals surface area contributed by atoms with Crippen LogP contribution in [0.5, 0.6) is 5.75 Å². The molecule has 1 rings (SSSR count). The molecule has 98 valence electrons. The van der Waals surface area contributed by atoms with E-state index in [4.69, 9.17) is 9.84 Å². The van der Waals surface area contributed by atoms with Gasteiger partial charge in [0.05, 0.1) is 13.5 Å². The van der Waals surface area contributed by atoms with Gasteiger partial charge in [-0.15, -0.1) is 0 Å². The zero-order chi connectivity index (χ0) is 13.5. The van der Waals surface area contributed by atoms with E-state index in [9.17, 15) is 9.59 Å². The minimum atomic E-state index is -0.928.